The van der Waals surface area contributed by atoms with Crippen LogP contribution in [-0.2, 0) is 4.74 Å². The second-order valence-electron chi connectivity index (χ2n) is 3.85. The molecule has 1 aromatic rings. The van der Waals surface area contributed by atoms with Crippen molar-refractivity contribution >= 4 is 11.6 Å². The summed E-state index contributed by atoms with van der Waals surface area (Å²) in [4.78, 5) is 0. The summed E-state index contributed by atoms with van der Waals surface area (Å²) < 4.78 is 40.2. The van der Waals surface area contributed by atoms with Gasteiger partial charge in [-0.15, -0.1) is 0 Å². The van der Waals surface area contributed by atoms with Gasteiger partial charge in [0.15, 0.2) is 0 Å². The van der Waals surface area contributed by atoms with Crippen molar-refractivity contribution in [1.82, 2.24) is 5.32 Å². The van der Waals surface area contributed by atoms with Crippen LogP contribution >= 0.6 is 11.6 Å². The predicted molar refractivity (Wildman–Crippen MR) is 64.7 cm³/mol. The smallest absolute Gasteiger partial charge is 0.372 e. The van der Waals surface area contributed by atoms with Gasteiger partial charge < -0.3 is 10.1 Å². The Morgan fingerprint density at radius 2 is 2.11 bits per heavy atom. The van der Waals surface area contributed by atoms with E-state index in [9.17, 15) is 13.2 Å². The summed E-state index contributed by atoms with van der Waals surface area (Å²) in [7, 11) is 1.75. The van der Waals surface area contributed by atoms with E-state index in [1.54, 1.807) is 25.2 Å². The molecule has 0 aromatic heterocycles. The molecule has 1 atom stereocenters. The zero-order valence-corrected chi connectivity index (χ0v) is 10.7. The van der Waals surface area contributed by atoms with Crippen molar-refractivity contribution in [2.75, 3.05) is 20.3 Å². The highest BCUT2D eigenvalue weighted by Gasteiger charge is 2.27. The summed E-state index contributed by atoms with van der Waals surface area (Å²) in [5.41, 5.74) is 0.931. The number of nitrogens with one attached hydrogen (secondary N) is 1. The molecule has 0 bridgehead atoms. The summed E-state index contributed by atoms with van der Waals surface area (Å²) in [6.45, 7) is -1.17. The van der Waals surface area contributed by atoms with Crippen molar-refractivity contribution in [2.24, 2.45) is 0 Å². The molecule has 0 saturated carbocycles. The number of hydrogen-bond donors (Lipinski definition) is 1. The van der Waals surface area contributed by atoms with E-state index >= 15 is 0 Å². The van der Waals surface area contributed by atoms with Crippen molar-refractivity contribution < 1.29 is 17.9 Å². The molecule has 18 heavy (non-hydrogen) atoms. The first-order valence-electron chi connectivity index (χ1n) is 5.49. The van der Waals surface area contributed by atoms with Gasteiger partial charge >= 0.3 is 6.18 Å². The summed E-state index contributed by atoms with van der Waals surface area (Å²) in [6.07, 6.45) is -3.82. The number of benzene rings is 1. The van der Waals surface area contributed by atoms with E-state index in [4.69, 9.17) is 11.6 Å². The van der Waals surface area contributed by atoms with Gasteiger partial charge in [0.2, 0.25) is 0 Å². The lowest BCUT2D eigenvalue weighted by Crippen LogP contribution is -2.21. The Bertz CT molecular complexity index is 371. The van der Waals surface area contributed by atoms with Gasteiger partial charge in [-0.2, -0.15) is 13.2 Å². The molecule has 0 spiro atoms. The fourth-order valence-corrected chi connectivity index (χ4v) is 1.79. The minimum absolute atomic E-state index is 0.0392. The van der Waals surface area contributed by atoms with Crippen molar-refractivity contribution in [3.8, 4) is 0 Å². The first kappa shape index (κ1) is 15.3. The van der Waals surface area contributed by atoms with Gasteiger partial charge in [0, 0.05) is 17.7 Å². The Hall–Kier alpha value is -0.780. The van der Waals surface area contributed by atoms with E-state index in [2.05, 4.69) is 10.1 Å². The first-order valence-corrected chi connectivity index (χ1v) is 5.87. The molecule has 0 aliphatic heterocycles. The molecular weight excluding hydrogens is 267 g/mol. The lowest BCUT2D eigenvalue weighted by atomic mass is 10.0. The summed E-state index contributed by atoms with van der Waals surface area (Å²) in [6, 6.07) is 7.14. The van der Waals surface area contributed by atoms with Crippen molar-refractivity contribution in [2.45, 2.75) is 18.6 Å². The van der Waals surface area contributed by atoms with E-state index in [0.29, 0.717) is 11.4 Å². The van der Waals surface area contributed by atoms with Crippen molar-refractivity contribution in [3.05, 3.63) is 34.9 Å². The van der Waals surface area contributed by atoms with Gasteiger partial charge in [-0.25, -0.2) is 0 Å². The molecule has 1 unspecified atom stereocenters. The van der Waals surface area contributed by atoms with E-state index in [0.717, 1.165) is 5.56 Å². The van der Waals surface area contributed by atoms with Crippen molar-refractivity contribution in [3.63, 3.8) is 0 Å². The summed E-state index contributed by atoms with van der Waals surface area (Å²) >= 11 is 5.86. The lowest BCUT2D eigenvalue weighted by molar-refractivity contribution is -0.174. The van der Waals surface area contributed by atoms with Crippen LogP contribution < -0.4 is 5.32 Å². The minimum atomic E-state index is -4.27. The van der Waals surface area contributed by atoms with E-state index in [1.807, 2.05) is 6.07 Å². The zero-order chi connectivity index (χ0) is 13.6. The fourth-order valence-electron chi connectivity index (χ4n) is 1.59. The van der Waals surface area contributed by atoms with Crippen molar-refractivity contribution in [1.29, 1.82) is 0 Å². The van der Waals surface area contributed by atoms with Crippen LogP contribution in [0.25, 0.3) is 0 Å². The maximum atomic E-state index is 11.9. The molecule has 1 N–H and O–H groups in total. The van der Waals surface area contributed by atoms with Crippen LogP contribution in [0.2, 0.25) is 5.02 Å². The molecule has 0 amide bonds. The van der Waals surface area contributed by atoms with Crippen LogP contribution in [0.15, 0.2) is 24.3 Å². The average Bonchev–Trinajstić information content (AvgIpc) is 2.27. The second-order valence-corrected chi connectivity index (χ2v) is 4.29. The molecule has 6 heteroatoms. The Morgan fingerprint density at radius 1 is 1.39 bits per heavy atom. The molecular formula is C12H15ClF3NO. The highest BCUT2D eigenvalue weighted by molar-refractivity contribution is 6.30. The third-order valence-electron chi connectivity index (χ3n) is 2.42. The normalized spacial score (nSPS) is 13.6. The van der Waals surface area contributed by atoms with Gasteiger partial charge in [0.25, 0.3) is 0 Å². The first-order chi connectivity index (χ1) is 8.42. The summed E-state index contributed by atoms with van der Waals surface area (Å²) in [5.74, 6) is 0. The van der Waals surface area contributed by atoms with Crippen LogP contribution in [0.5, 0.6) is 0 Å². The van der Waals surface area contributed by atoms with Gasteiger partial charge in [-0.3, -0.25) is 0 Å². The molecule has 2 nitrogen and oxygen atoms in total. The molecule has 0 fully saturated rings. The van der Waals surface area contributed by atoms with Crippen LogP contribution in [0.4, 0.5) is 13.2 Å². The molecule has 0 heterocycles. The van der Waals surface area contributed by atoms with Crippen LogP contribution in [-0.4, -0.2) is 26.4 Å². The molecule has 0 saturated heterocycles. The number of alkyl halides is 3. The van der Waals surface area contributed by atoms with Crippen LogP contribution in [0.3, 0.4) is 0 Å². The maximum absolute atomic E-state index is 11.9. The second kappa shape index (κ2) is 6.97. The fraction of sp³-hybridized carbons (Fsp3) is 0.500. The Balaban J connectivity index is 2.43. The quantitative estimate of drug-likeness (QED) is 0.805. The SMILES string of the molecule is CNC(CCOCC(F)(F)F)c1cccc(Cl)c1. The Kier molecular flexibility index (Phi) is 5.91. The lowest BCUT2D eigenvalue weighted by Gasteiger charge is -2.17. The largest absolute Gasteiger partial charge is 0.411 e. The minimum Gasteiger partial charge on any atom is -0.372 e. The van der Waals surface area contributed by atoms with E-state index in [-0.39, 0.29) is 12.6 Å². The van der Waals surface area contributed by atoms with E-state index in [1.165, 1.54) is 0 Å². The topological polar surface area (TPSA) is 21.3 Å². The number of hydrogen-bond acceptors (Lipinski definition) is 2. The van der Waals surface area contributed by atoms with Gasteiger partial charge in [0.05, 0.1) is 0 Å². The average molecular weight is 282 g/mol. The Labute approximate surface area is 109 Å². The predicted octanol–water partition coefficient (Wildman–Crippen LogP) is 3.57. The Morgan fingerprint density at radius 3 is 2.67 bits per heavy atom. The molecule has 0 aliphatic carbocycles. The molecule has 1 aromatic carbocycles. The third-order valence-corrected chi connectivity index (χ3v) is 2.65. The molecule has 0 aliphatic rings. The summed E-state index contributed by atoms with van der Waals surface area (Å²) in [5, 5.41) is 3.62. The third kappa shape index (κ3) is 5.71. The molecule has 102 valence electrons. The monoisotopic (exact) mass is 281 g/mol. The maximum Gasteiger partial charge on any atom is 0.411 e. The molecule has 1 rings (SSSR count). The van der Waals surface area contributed by atoms with E-state index < -0.39 is 12.8 Å². The van der Waals surface area contributed by atoms with Gasteiger partial charge in [0.1, 0.15) is 6.61 Å². The molecule has 0 radical (unpaired) electrons. The number of ether oxygens (including phenoxy) is 1. The van der Waals surface area contributed by atoms with Gasteiger partial charge in [-0.05, 0) is 31.2 Å². The van der Waals surface area contributed by atoms with Crippen LogP contribution in [0.1, 0.15) is 18.0 Å². The van der Waals surface area contributed by atoms with Crippen LogP contribution in [0, 0.1) is 0 Å². The number of halogens is 4. The highest BCUT2D eigenvalue weighted by atomic mass is 35.5. The highest BCUT2D eigenvalue weighted by Crippen LogP contribution is 2.21. The van der Waals surface area contributed by atoms with Gasteiger partial charge in [-0.1, -0.05) is 23.7 Å². The zero-order valence-electron chi connectivity index (χ0n) is 9.93. The standard InChI is InChI=1S/C12H15ClF3NO/c1-17-11(5-6-18-8-12(14,15)16)9-3-2-4-10(13)7-9/h2-4,7,11,17H,5-6,8H2,1H3. The number of rotatable bonds is 6.